The first kappa shape index (κ1) is 23.4. The highest BCUT2D eigenvalue weighted by Crippen LogP contribution is 2.23. The molecule has 3 N–H and O–H groups in total. The lowest BCUT2D eigenvalue weighted by Gasteiger charge is -2.15. The topological polar surface area (TPSA) is 79.5 Å². The Balaban J connectivity index is 1.58. The molecule has 0 aliphatic rings. The van der Waals surface area contributed by atoms with Crippen molar-refractivity contribution in [2.24, 2.45) is 0 Å². The Labute approximate surface area is 200 Å². The van der Waals surface area contributed by atoms with Crippen LogP contribution in [-0.2, 0) is 0 Å². The number of anilines is 1. The van der Waals surface area contributed by atoms with Crippen molar-refractivity contribution in [3.05, 3.63) is 94.0 Å². The number of amides is 2. The first-order valence-corrected chi connectivity index (χ1v) is 11.0. The molecule has 0 aromatic heterocycles. The quantitative estimate of drug-likeness (QED) is 0.402. The lowest BCUT2D eigenvalue weighted by Crippen LogP contribution is -2.34. The van der Waals surface area contributed by atoms with E-state index < -0.39 is 5.91 Å². The monoisotopic (exact) mass is 511 g/mol. The van der Waals surface area contributed by atoms with E-state index in [2.05, 4.69) is 31.9 Å². The van der Waals surface area contributed by atoms with Gasteiger partial charge in [0.1, 0.15) is 5.75 Å². The van der Waals surface area contributed by atoms with Gasteiger partial charge in [-0.3, -0.25) is 14.9 Å². The van der Waals surface area contributed by atoms with Crippen molar-refractivity contribution in [1.29, 1.82) is 0 Å². The van der Waals surface area contributed by atoms with E-state index in [1.54, 1.807) is 42.5 Å². The molecule has 0 saturated carbocycles. The minimum atomic E-state index is -0.397. The van der Waals surface area contributed by atoms with Crippen LogP contribution in [0.25, 0.3) is 0 Å². The van der Waals surface area contributed by atoms with Gasteiger partial charge in [-0.1, -0.05) is 46.3 Å². The van der Waals surface area contributed by atoms with Gasteiger partial charge in [0.15, 0.2) is 5.11 Å². The second kappa shape index (κ2) is 10.9. The van der Waals surface area contributed by atoms with Crippen LogP contribution in [0.4, 0.5) is 5.69 Å². The minimum absolute atomic E-state index is 0.112. The third kappa shape index (κ3) is 6.15. The summed E-state index contributed by atoms with van der Waals surface area (Å²) in [6.45, 7) is 1.94. The molecule has 3 aromatic carbocycles. The summed E-state index contributed by atoms with van der Waals surface area (Å²) < 4.78 is 5.98. The SMILES string of the molecule is COc1ccc(Br)cc1C(=O)NC(=S)Nc1ccc(C(=O)NC(C)c2ccccc2)cc1. The Morgan fingerprint density at radius 2 is 1.66 bits per heavy atom. The van der Waals surface area contributed by atoms with Crippen LogP contribution in [-0.4, -0.2) is 24.0 Å². The molecule has 1 unspecified atom stereocenters. The number of hydrogen-bond donors (Lipinski definition) is 3. The van der Waals surface area contributed by atoms with Gasteiger partial charge in [-0.15, -0.1) is 0 Å². The van der Waals surface area contributed by atoms with Crippen LogP contribution in [0.5, 0.6) is 5.75 Å². The first-order valence-electron chi connectivity index (χ1n) is 9.79. The molecule has 0 spiro atoms. The second-order valence-electron chi connectivity index (χ2n) is 6.94. The second-order valence-corrected chi connectivity index (χ2v) is 8.26. The van der Waals surface area contributed by atoms with Crippen LogP contribution < -0.4 is 20.7 Å². The van der Waals surface area contributed by atoms with Crippen molar-refractivity contribution >= 4 is 50.8 Å². The maximum atomic E-state index is 12.5. The Morgan fingerprint density at radius 3 is 2.31 bits per heavy atom. The number of benzene rings is 3. The van der Waals surface area contributed by atoms with Crippen LogP contribution >= 0.6 is 28.1 Å². The van der Waals surface area contributed by atoms with E-state index in [1.165, 1.54) is 7.11 Å². The minimum Gasteiger partial charge on any atom is -0.496 e. The van der Waals surface area contributed by atoms with Crippen molar-refractivity contribution in [3.8, 4) is 5.75 Å². The summed E-state index contributed by atoms with van der Waals surface area (Å²) in [4.78, 5) is 25.1. The number of ether oxygens (including phenoxy) is 1. The molecular weight excluding hydrogens is 490 g/mol. The summed E-state index contributed by atoms with van der Waals surface area (Å²) >= 11 is 8.59. The van der Waals surface area contributed by atoms with E-state index in [-0.39, 0.29) is 17.1 Å². The molecule has 6 nitrogen and oxygen atoms in total. The van der Waals surface area contributed by atoms with Gasteiger partial charge < -0.3 is 15.4 Å². The number of thiocarbonyl (C=S) groups is 1. The molecule has 8 heteroatoms. The molecule has 164 valence electrons. The Hall–Kier alpha value is -3.23. The highest BCUT2D eigenvalue weighted by Gasteiger charge is 2.15. The summed E-state index contributed by atoms with van der Waals surface area (Å²) in [6, 6.07) is 21.6. The predicted octanol–water partition coefficient (Wildman–Crippen LogP) is 5.08. The Kier molecular flexibility index (Phi) is 7.97. The van der Waals surface area contributed by atoms with Gasteiger partial charge in [0, 0.05) is 15.7 Å². The van der Waals surface area contributed by atoms with Crippen molar-refractivity contribution < 1.29 is 14.3 Å². The average Bonchev–Trinajstić information content (AvgIpc) is 2.79. The van der Waals surface area contributed by atoms with E-state index in [1.807, 2.05) is 37.3 Å². The molecule has 1 atom stereocenters. The summed E-state index contributed by atoms with van der Waals surface area (Å²) in [5.74, 6) is -0.134. The average molecular weight is 512 g/mol. The van der Waals surface area contributed by atoms with E-state index in [0.29, 0.717) is 22.6 Å². The molecule has 0 bridgehead atoms. The van der Waals surface area contributed by atoms with Gasteiger partial charge in [-0.05, 0) is 67.2 Å². The summed E-state index contributed by atoms with van der Waals surface area (Å²) in [6.07, 6.45) is 0. The van der Waals surface area contributed by atoms with Crippen molar-refractivity contribution in [3.63, 3.8) is 0 Å². The van der Waals surface area contributed by atoms with E-state index in [4.69, 9.17) is 17.0 Å². The van der Waals surface area contributed by atoms with E-state index in [9.17, 15) is 9.59 Å². The van der Waals surface area contributed by atoms with Crippen LogP contribution in [0.15, 0.2) is 77.3 Å². The van der Waals surface area contributed by atoms with Gasteiger partial charge >= 0.3 is 0 Å². The number of hydrogen-bond acceptors (Lipinski definition) is 4. The van der Waals surface area contributed by atoms with Gasteiger partial charge in [-0.2, -0.15) is 0 Å². The first-order chi connectivity index (χ1) is 15.4. The third-order valence-electron chi connectivity index (χ3n) is 4.69. The van der Waals surface area contributed by atoms with Gasteiger partial charge in [0.25, 0.3) is 11.8 Å². The van der Waals surface area contributed by atoms with Crippen LogP contribution in [0.1, 0.15) is 39.2 Å². The Morgan fingerprint density at radius 1 is 0.969 bits per heavy atom. The zero-order valence-corrected chi connectivity index (χ0v) is 19.9. The standard InChI is InChI=1S/C24H22BrN3O3S/c1-15(16-6-4-3-5-7-16)26-22(29)17-8-11-19(12-9-17)27-24(32)28-23(30)20-14-18(25)10-13-21(20)31-2/h3-15H,1-2H3,(H,26,29)(H2,27,28,30,32). The van der Waals surface area contributed by atoms with Crippen LogP contribution in [0, 0.1) is 0 Å². The van der Waals surface area contributed by atoms with Crippen LogP contribution in [0.2, 0.25) is 0 Å². The highest BCUT2D eigenvalue weighted by atomic mass is 79.9. The molecule has 0 fully saturated rings. The van der Waals surface area contributed by atoms with Crippen molar-refractivity contribution in [2.75, 3.05) is 12.4 Å². The van der Waals surface area contributed by atoms with E-state index in [0.717, 1.165) is 10.0 Å². The van der Waals surface area contributed by atoms with Gasteiger partial charge in [0.2, 0.25) is 0 Å². The molecule has 3 rings (SSSR count). The molecular formula is C24H22BrN3O3S. The fourth-order valence-corrected chi connectivity index (χ4v) is 3.57. The molecule has 0 saturated heterocycles. The maximum absolute atomic E-state index is 12.5. The number of halogens is 1. The number of methoxy groups -OCH3 is 1. The molecule has 2 amide bonds. The molecule has 0 radical (unpaired) electrons. The zero-order chi connectivity index (χ0) is 23.1. The molecule has 0 aliphatic carbocycles. The number of carbonyl (C=O) groups is 2. The van der Waals surface area contributed by atoms with E-state index >= 15 is 0 Å². The summed E-state index contributed by atoms with van der Waals surface area (Å²) in [5.41, 5.74) is 2.55. The highest BCUT2D eigenvalue weighted by molar-refractivity contribution is 9.10. The zero-order valence-electron chi connectivity index (χ0n) is 17.5. The predicted molar refractivity (Wildman–Crippen MR) is 133 cm³/mol. The van der Waals surface area contributed by atoms with Gasteiger partial charge in [0.05, 0.1) is 18.7 Å². The number of carbonyl (C=O) groups excluding carboxylic acids is 2. The molecule has 0 heterocycles. The summed E-state index contributed by atoms with van der Waals surface area (Å²) in [5, 5.41) is 8.68. The number of nitrogens with one attached hydrogen (secondary N) is 3. The van der Waals surface area contributed by atoms with Crippen molar-refractivity contribution in [2.45, 2.75) is 13.0 Å². The molecule has 3 aromatic rings. The Bertz CT molecular complexity index is 1120. The lowest BCUT2D eigenvalue weighted by atomic mass is 10.1. The normalized spacial score (nSPS) is 11.2. The molecule has 0 aliphatic heterocycles. The lowest BCUT2D eigenvalue weighted by molar-refractivity contribution is 0.0938. The fraction of sp³-hybridized carbons (Fsp3) is 0.125. The van der Waals surface area contributed by atoms with Crippen LogP contribution in [0.3, 0.4) is 0 Å². The van der Waals surface area contributed by atoms with Crippen molar-refractivity contribution in [1.82, 2.24) is 10.6 Å². The maximum Gasteiger partial charge on any atom is 0.261 e. The summed E-state index contributed by atoms with van der Waals surface area (Å²) in [7, 11) is 1.49. The fourth-order valence-electron chi connectivity index (χ4n) is 3.00. The largest absolute Gasteiger partial charge is 0.496 e. The number of rotatable bonds is 6. The third-order valence-corrected chi connectivity index (χ3v) is 5.38. The van der Waals surface area contributed by atoms with Gasteiger partial charge in [-0.25, -0.2) is 0 Å². The molecule has 32 heavy (non-hydrogen) atoms. The smallest absolute Gasteiger partial charge is 0.261 e.